The van der Waals surface area contributed by atoms with Crippen LogP contribution in [0.15, 0.2) is 49.1 Å². The molecule has 2 atom stereocenters. The highest BCUT2D eigenvalue weighted by molar-refractivity contribution is 6.00. The van der Waals surface area contributed by atoms with Crippen LogP contribution in [0.4, 0.5) is 0 Å². The van der Waals surface area contributed by atoms with Crippen LogP contribution in [0.25, 0.3) is 5.52 Å². The molecule has 6 heteroatoms. The SMILES string of the molecule is CCOc1ccc([C@@H]2C[C@H]2NC(=O)c2cnn3ccncc23)cc1. The van der Waals surface area contributed by atoms with Crippen LogP contribution in [0.5, 0.6) is 5.75 Å². The van der Waals surface area contributed by atoms with Crippen molar-refractivity contribution in [2.24, 2.45) is 0 Å². The molecule has 0 bridgehead atoms. The summed E-state index contributed by atoms with van der Waals surface area (Å²) < 4.78 is 7.11. The number of rotatable bonds is 5. The van der Waals surface area contributed by atoms with Crippen LogP contribution in [0.1, 0.15) is 35.2 Å². The molecular weight excluding hydrogens is 304 g/mol. The Kier molecular flexibility index (Phi) is 3.65. The molecule has 0 radical (unpaired) electrons. The van der Waals surface area contributed by atoms with E-state index in [0.717, 1.165) is 12.2 Å². The van der Waals surface area contributed by atoms with Crippen molar-refractivity contribution in [2.45, 2.75) is 25.3 Å². The third kappa shape index (κ3) is 2.71. The second-order valence-corrected chi connectivity index (χ2v) is 5.89. The summed E-state index contributed by atoms with van der Waals surface area (Å²) in [6.45, 7) is 2.63. The maximum Gasteiger partial charge on any atom is 0.255 e. The lowest BCUT2D eigenvalue weighted by atomic mass is 10.1. The first-order valence-electron chi connectivity index (χ1n) is 8.07. The average molecular weight is 322 g/mol. The van der Waals surface area contributed by atoms with Gasteiger partial charge in [0, 0.05) is 24.4 Å². The van der Waals surface area contributed by atoms with Gasteiger partial charge < -0.3 is 10.1 Å². The Labute approximate surface area is 139 Å². The summed E-state index contributed by atoms with van der Waals surface area (Å²) in [5, 5.41) is 7.26. The lowest BCUT2D eigenvalue weighted by Crippen LogP contribution is -2.26. The van der Waals surface area contributed by atoms with Crippen LogP contribution in [0, 0.1) is 0 Å². The Bertz CT molecular complexity index is 872. The van der Waals surface area contributed by atoms with Crippen molar-refractivity contribution in [3.05, 3.63) is 60.2 Å². The summed E-state index contributed by atoms with van der Waals surface area (Å²) in [7, 11) is 0. The number of amides is 1. The van der Waals surface area contributed by atoms with Gasteiger partial charge in [-0.3, -0.25) is 9.78 Å². The van der Waals surface area contributed by atoms with Crippen molar-refractivity contribution in [1.82, 2.24) is 19.9 Å². The molecule has 0 spiro atoms. The summed E-state index contributed by atoms with van der Waals surface area (Å²) >= 11 is 0. The smallest absolute Gasteiger partial charge is 0.255 e. The molecule has 24 heavy (non-hydrogen) atoms. The molecule has 1 fully saturated rings. The van der Waals surface area contributed by atoms with E-state index in [1.165, 1.54) is 5.56 Å². The van der Waals surface area contributed by atoms with Gasteiger partial charge in [0.2, 0.25) is 0 Å². The Morgan fingerprint density at radius 1 is 1.33 bits per heavy atom. The average Bonchev–Trinajstić information content (AvgIpc) is 3.22. The van der Waals surface area contributed by atoms with Crippen LogP contribution in [0.2, 0.25) is 0 Å². The fourth-order valence-corrected chi connectivity index (χ4v) is 2.96. The molecule has 3 aromatic rings. The number of carbonyl (C=O) groups excluding carboxylic acids is 1. The molecule has 0 aliphatic heterocycles. The van der Waals surface area contributed by atoms with E-state index in [-0.39, 0.29) is 11.9 Å². The predicted molar refractivity (Wildman–Crippen MR) is 89.2 cm³/mol. The minimum absolute atomic E-state index is 0.101. The third-order valence-electron chi connectivity index (χ3n) is 4.30. The molecule has 1 aliphatic rings. The standard InChI is InChI=1S/C18H18N4O2/c1-2-24-13-5-3-12(4-6-13)14-9-16(14)21-18(23)15-10-20-22-8-7-19-11-17(15)22/h3-8,10-11,14,16H,2,9H2,1H3,(H,21,23)/t14-,16+/m0/s1. The van der Waals surface area contributed by atoms with Crippen LogP contribution in [-0.2, 0) is 0 Å². The van der Waals surface area contributed by atoms with E-state index in [9.17, 15) is 4.79 Å². The maximum atomic E-state index is 12.5. The summed E-state index contributed by atoms with van der Waals surface area (Å²) in [5.74, 6) is 1.14. The Morgan fingerprint density at radius 2 is 2.17 bits per heavy atom. The minimum Gasteiger partial charge on any atom is -0.494 e. The molecule has 6 nitrogen and oxygen atoms in total. The fraction of sp³-hybridized carbons (Fsp3) is 0.278. The number of nitrogens with one attached hydrogen (secondary N) is 1. The number of benzene rings is 1. The van der Waals surface area contributed by atoms with Gasteiger partial charge in [-0.2, -0.15) is 5.10 Å². The summed E-state index contributed by atoms with van der Waals surface area (Å²) in [4.78, 5) is 16.5. The Hall–Kier alpha value is -2.89. The summed E-state index contributed by atoms with van der Waals surface area (Å²) in [5.41, 5.74) is 2.50. The molecule has 2 heterocycles. The quantitative estimate of drug-likeness (QED) is 0.783. The second-order valence-electron chi connectivity index (χ2n) is 5.89. The van der Waals surface area contributed by atoms with E-state index in [2.05, 4.69) is 27.5 Å². The van der Waals surface area contributed by atoms with Gasteiger partial charge in [-0.25, -0.2) is 4.52 Å². The van der Waals surface area contributed by atoms with E-state index in [4.69, 9.17) is 4.74 Å². The molecule has 0 saturated heterocycles. The van der Waals surface area contributed by atoms with E-state index in [0.29, 0.717) is 23.6 Å². The second kappa shape index (κ2) is 5.96. The van der Waals surface area contributed by atoms with E-state index in [1.54, 1.807) is 29.3 Å². The van der Waals surface area contributed by atoms with Gasteiger partial charge in [-0.15, -0.1) is 0 Å². The zero-order chi connectivity index (χ0) is 16.5. The largest absolute Gasteiger partial charge is 0.494 e. The van der Waals surface area contributed by atoms with Gasteiger partial charge in [-0.05, 0) is 31.0 Å². The summed E-state index contributed by atoms with van der Waals surface area (Å²) in [6, 6.07) is 8.27. The van der Waals surface area contributed by atoms with Crippen molar-refractivity contribution >= 4 is 11.4 Å². The lowest BCUT2D eigenvalue weighted by molar-refractivity contribution is 0.0952. The van der Waals surface area contributed by atoms with Crippen molar-refractivity contribution in [2.75, 3.05) is 6.61 Å². The van der Waals surface area contributed by atoms with Crippen LogP contribution >= 0.6 is 0 Å². The molecule has 4 rings (SSSR count). The van der Waals surface area contributed by atoms with Gasteiger partial charge in [0.25, 0.3) is 5.91 Å². The van der Waals surface area contributed by atoms with E-state index < -0.39 is 0 Å². The van der Waals surface area contributed by atoms with Crippen molar-refractivity contribution in [3.8, 4) is 5.75 Å². The van der Waals surface area contributed by atoms with Gasteiger partial charge in [0.05, 0.1) is 30.1 Å². The highest BCUT2D eigenvalue weighted by Gasteiger charge is 2.39. The molecule has 1 aliphatic carbocycles. The highest BCUT2D eigenvalue weighted by atomic mass is 16.5. The first-order valence-corrected chi connectivity index (χ1v) is 8.07. The van der Waals surface area contributed by atoms with Crippen LogP contribution in [0.3, 0.4) is 0 Å². The van der Waals surface area contributed by atoms with Crippen molar-refractivity contribution in [1.29, 1.82) is 0 Å². The first-order chi connectivity index (χ1) is 11.8. The molecule has 1 amide bonds. The first kappa shape index (κ1) is 14.7. The summed E-state index contributed by atoms with van der Waals surface area (Å²) in [6.07, 6.45) is 7.56. The number of fused-ring (bicyclic) bond motifs is 1. The van der Waals surface area contributed by atoms with Crippen molar-refractivity contribution < 1.29 is 9.53 Å². The lowest BCUT2D eigenvalue weighted by Gasteiger charge is -2.06. The monoisotopic (exact) mass is 322 g/mol. The van der Waals surface area contributed by atoms with Gasteiger partial charge in [0.15, 0.2) is 0 Å². The molecule has 1 aromatic carbocycles. The Balaban J connectivity index is 1.43. The molecule has 1 saturated carbocycles. The molecular formula is C18H18N4O2. The number of aromatic nitrogens is 3. The minimum atomic E-state index is -0.101. The molecule has 122 valence electrons. The number of hydrogen-bond donors (Lipinski definition) is 1. The topological polar surface area (TPSA) is 68.5 Å². The number of ether oxygens (including phenoxy) is 1. The fourth-order valence-electron chi connectivity index (χ4n) is 2.96. The number of hydrogen-bond acceptors (Lipinski definition) is 4. The van der Waals surface area contributed by atoms with Crippen LogP contribution in [-0.4, -0.2) is 33.2 Å². The van der Waals surface area contributed by atoms with Gasteiger partial charge in [0.1, 0.15) is 5.75 Å². The third-order valence-corrected chi connectivity index (χ3v) is 4.30. The molecule has 2 aromatic heterocycles. The van der Waals surface area contributed by atoms with Crippen molar-refractivity contribution in [3.63, 3.8) is 0 Å². The normalized spacial score (nSPS) is 19.2. The maximum absolute atomic E-state index is 12.5. The van der Waals surface area contributed by atoms with E-state index in [1.807, 2.05) is 19.1 Å². The number of nitrogens with zero attached hydrogens (tertiary/aromatic N) is 3. The van der Waals surface area contributed by atoms with Gasteiger partial charge in [-0.1, -0.05) is 12.1 Å². The predicted octanol–water partition coefficient (Wildman–Crippen LogP) is 2.41. The molecule has 1 N–H and O–H groups in total. The van der Waals surface area contributed by atoms with Crippen LogP contribution < -0.4 is 10.1 Å². The zero-order valence-corrected chi connectivity index (χ0v) is 13.3. The number of carbonyl (C=O) groups is 1. The van der Waals surface area contributed by atoms with E-state index >= 15 is 0 Å². The zero-order valence-electron chi connectivity index (χ0n) is 13.3. The van der Waals surface area contributed by atoms with Gasteiger partial charge >= 0.3 is 0 Å². The molecule has 0 unspecified atom stereocenters. The highest BCUT2D eigenvalue weighted by Crippen LogP contribution is 2.41. The Morgan fingerprint density at radius 3 is 2.96 bits per heavy atom.